The van der Waals surface area contributed by atoms with Gasteiger partial charge in [-0.25, -0.2) is 0 Å². The van der Waals surface area contributed by atoms with Crippen LogP contribution in [0.2, 0.25) is 0 Å². The molecule has 0 spiro atoms. The third-order valence-corrected chi connectivity index (χ3v) is 2.37. The minimum atomic E-state index is 0.544. The van der Waals surface area contributed by atoms with E-state index in [1.165, 1.54) is 10.6 Å². The smallest absolute Gasteiger partial charge is 0.0496 e. The van der Waals surface area contributed by atoms with Crippen LogP contribution in [-0.2, 0) is 6.54 Å². The van der Waals surface area contributed by atoms with E-state index in [1.807, 2.05) is 19.1 Å². The zero-order chi connectivity index (χ0) is 9.14. The molecule has 2 nitrogen and oxygen atoms in total. The largest absolute Gasteiger partial charge is 0.314 e. The van der Waals surface area contributed by atoms with Gasteiger partial charge in [0.1, 0.15) is 0 Å². The molecule has 0 fully saturated rings. The number of hydrogen-bond donors (Lipinski definition) is 1. The van der Waals surface area contributed by atoms with Crippen LogP contribution in [0.3, 0.4) is 0 Å². The first kappa shape index (κ1) is 9.71. The van der Waals surface area contributed by atoms with Crippen molar-refractivity contribution in [2.75, 3.05) is 7.05 Å². The lowest BCUT2D eigenvalue weighted by Gasteiger charge is -2.10. The van der Waals surface area contributed by atoms with E-state index in [-0.39, 0.29) is 0 Å². The SMILES string of the molecule is Cc1ccc(Br)c(CN(C)O)c1. The second kappa shape index (κ2) is 4.03. The van der Waals surface area contributed by atoms with Crippen molar-refractivity contribution in [2.24, 2.45) is 0 Å². The maximum atomic E-state index is 9.03. The number of rotatable bonds is 2. The van der Waals surface area contributed by atoms with E-state index in [2.05, 4.69) is 22.0 Å². The van der Waals surface area contributed by atoms with Crippen LogP contribution in [0, 0.1) is 6.92 Å². The highest BCUT2D eigenvalue weighted by Crippen LogP contribution is 2.18. The first-order chi connectivity index (χ1) is 5.59. The highest BCUT2D eigenvalue weighted by atomic mass is 79.9. The molecule has 0 saturated heterocycles. The Morgan fingerprint density at radius 1 is 1.50 bits per heavy atom. The fourth-order valence-corrected chi connectivity index (χ4v) is 1.44. The van der Waals surface area contributed by atoms with E-state index >= 15 is 0 Å². The number of hydrogen-bond acceptors (Lipinski definition) is 2. The molecule has 0 amide bonds. The van der Waals surface area contributed by atoms with Crippen molar-refractivity contribution in [3.63, 3.8) is 0 Å². The van der Waals surface area contributed by atoms with E-state index < -0.39 is 0 Å². The minimum absolute atomic E-state index is 0.544. The molecule has 0 aliphatic heterocycles. The number of benzene rings is 1. The molecule has 1 rings (SSSR count). The molecule has 3 heteroatoms. The van der Waals surface area contributed by atoms with Crippen LogP contribution in [0.5, 0.6) is 0 Å². The molecule has 0 saturated carbocycles. The fourth-order valence-electron chi connectivity index (χ4n) is 1.07. The van der Waals surface area contributed by atoms with Crippen LogP contribution >= 0.6 is 15.9 Å². The predicted octanol–water partition coefficient (Wildman–Crippen LogP) is 2.58. The maximum absolute atomic E-state index is 9.03. The van der Waals surface area contributed by atoms with Crippen LogP contribution in [0.4, 0.5) is 0 Å². The summed E-state index contributed by atoms with van der Waals surface area (Å²) in [5.74, 6) is 0. The van der Waals surface area contributed by atoms with Gasteiger partial charge < -0.3 is 5.21 Å². The summed E-state index contributed by atoms with van der Waals surface area (Å²) in [4.78, 5) is 0. The Kier molecular flexibility index (Phi) is 3.26. The van der Waals surface area contributed by atoms with E-state index in [4.69, 9.17) is 5.21 Å². The Balaban J connectivity index is 2.90. The van der Waals surface area contributed by atoms with Gasteiger partial charge in [-0.1, -0.05) is 33.6 Å². The summed E-state index contributed by atoms with van der Waals surface area (Å²) < 4.78 is 1.04. The first-order valence-electron chi connectivity index (χ1n) is 3.74. The number of hydroxylamine groups is 2. The second-order valence-corrected chi connectivity index (χ2v) is 3.76. The molecule has 0 aliphatic rings. The highest BCUT2D eigenvalue weighted by Gasteiger charge is 2.01. The Labute approximate surface area is 80.9 Å². The van der Waals surface area contributed by atoms with Gasteiger partial charge in [0.05, 0.1) is 0 Å². The molecule has 0 unspecified atom stereocenters. The first-order valence-corrected chi connectivity index (χ1v) is 4.54. The molecule has 0 atom stereocenters. The van der Waals surface area contributed by atoms with E-state index in [0.717, 1.165) is 10.0 Å². The molecule has 0 bridgehead atoms. The van der Waals surface area contributed by atoms with Gasteiger partial charge in [0.2, 0.25) is 0 Å². The van der Waals surface area contributed by atoms with Gasteiger partial charge >= 0.3 is 0 Å². The van der Waals surface area contributed by atoms with E-state index in [0.29, 0.717) is 6.54 Å². The Hall–Kier alpha value is -0.380. The van der Waals surface area contributed by atoms with E-state index in [9.17, 15) is 0 Å². The molecule has 66 valence electrons. The average Bonchev–Trinajstić information content (AvgIpc) is 1.96. The van der Waals surface area contributed by atoms with Gasteiger partial charge in [-0.2, -0.15) is 5.06 Å². The van der Waals surface area contributed by atoms with Gasteiger partial charge in [0.15, 0.2) is 0 Å². The van der Waals surface area contributed by atoms with Crippen molar-refractivity contribution in [2.45, 2.75) is 13.5 Å². The molecule has 1 aromatic rings. The number of aryl methyl sites for hydroxylation is 1. The molecular formula is C9H12BrNO. The zero-order valence-corrected chi connectivity index (χ0v) is 8.80. The summed E-state index contributed by atoms with van der Waals surface area (Å²) in [6.45, 7) is 2.58. The quantitative estimate of drug-likeness (QED) is 0.789. The zero-order valence-electron chi connectivity index (χ0n) is 7.21. The molecule has 0 aliphatic carbocycles. The highest BCUT2D eigenvalue weighted by molar-refractivity contribution is 9.10. The summed E-state index contributed by atoms with van der Waals surface area (Å²) in [5.41, 5.74) is 2.30. The van der Waals surface area contributed by atoms with Gasteiger partial charge in [0, 0.05) is 18.1 Å². The van der Waals surface area contributed by atoms with Crippen molar-refractivity contribution in [1.82, 2.24) is 5.06 Å². The summed E-state index contributed by atoms with van der Waals surface area (Å²) in [6, 6.07) is 6.08. The van der Waals surface area contributed by atoms with Crippen LogP contribution in [0.1, 0.15) is 11.1 Å². The van der Waals surface area contributed by atoms with Crippen LogP contribution < -0.4 is 0 Å². The third-order valence-electron chi connectivity index (χ3n) is 1.60. The third kappa shape index (κ3) is 2.59. The van der Waals surface area contributed by atoms with Crippen molar-refractivity contribution in [3.8, 4) is 0 Å². The van der Waals surface area contributed by atoms with Crippen molar-refractivity contribution >= 4 is 15.9 Å². The van der Waals surface area contributed by atoms with Gasteiger partial charge in [0.25, 0.3) is 0 Å². The fraction of sp³-hybridized carbons (Fsp3) is 0.333. The lowest BCUT2D eigenvalue weighted by Crippen LogP contribution is -2.12. The number of halogens is 1. The summed E-state index contributed by atoms with van der Waals surface area (Å²) >= 11 is 3.42. The van der Waals surface area contributed by atoms with Crippen molar-refractivity contribution < 1.29 is 5.21 Å². The van der Waals surface area contributed by atoms with Crippen LogP contribution in [0.25, 0.3) is 0 Å². The minimum Gasteiger partial charge on any atom is -0.314 e. The normalized spacial score (nSPS) is 10.8. The van der Waals surface area contributed by atoms with Gasteiger partial charge in [-0.3, -0.25) is 0 Å². The molecule has 0 radical (unpaired) electrons. The molecule has 1 aromatic carbocycles. The van der Waals surface area contributed by atoms with Gasteiger partial charge in [-0.05, 0) is 18.6 Å². The molecule has 0 heterocycles. The molecule has 12 heavy (non-hydrogen) atoms. The van der Waals surface area contributed by atoms with Gasteiger partial charge in [-0.15, -0.1) is 0 Å². The maximum Gasteiger partial charge on any atom is 0.0496 e. The second-order valence-electron chi connectivity index (χ2n) is 2.91. The van der Waals surface area contributed by atoms with Crippen LogP contribution in [-0.4, -0.2) is 17.3 Å². The topological polar surface area (TPSA) is 23.5 Å². The monoisotopic (exact) mass is 229 g/mol. The predicted molar refractivity (Wildman–Crippen MR) is 52.1 cm³/mol. The Morgan fingerprint density at radius 3 is 2.75 bits per heavy atom. The summed E-state index contributed by atoms with van der Waals surface area (Å²) in [7, 11) is 1.63. The number of nitrogens with zero attached hydrogens (tertiary/aromatic N) is 1. The standard InChI is InChI=1S/C9H12BrNO/c1-7-3-4-9(10)8(5-7)6-11(2)12/h3-5,12H,6H2,1-2H3. The summed E-state index contributed by atoms with van der Waals surface area (Å²) in [6.07, 6.45) is 0. The molecule has 0 aromatic heterocycles. The van der Waals surface area contributed by atoms with E-state index in [1.54, 1.807) is 7.05 Å². The van der Waals surface area contributed by atoms with Crippen molar-refractivity contribution in [3.05, 3.63) is 33.8 Å². The Bertz CT molecular complexity index is 273. The molecule has 1 N–H and O–H groups in total. The lowest BCUT2D eigenvalue weighted by molar-refractivity contribution is -0.0733. The van der Waals surface area contributed by atoms with Crippen molar-refractivity contribution in [1.29, 1.82) is 0 Å². The summed E-state index contributed by atoms with van der Waals surface area (Å²) in [5, 5.41) is 10.2. The van der Waals surface area contributed by atoms with Crippen LogP contribution in [0.15, 0.2) is 22.7 Å². The Morgan fingerprint density at radius 2 is 2.17 bits per heavy atom. The average molecular weight is 230 g/mol. The molecular weight excluding hydrogens is 218 g/mol. The lowest BCUT2D eigenvalue weighted by atomic mass is 10.1.